The maximum atomic E-state index is 14.9. The molecular weight excluding hydrogens is 644 g/mol. The monoisotopic (exact) mass is 656 g/mol. The van der Waals surface area contributed by atoms with E-state index in [1.54, 1.807) is 6.19 Å². The van der Waals surface area contributed by atoms with E-state index in [4.69, 9.17) is 16.5 Å². The zero-order chi connectivity index (χ0) is 34.1. The lowest BCUT2D eigenvalue weighted by Crippen LogP contribution is -2.05. The fourth-order valence-electron chi connectivity index (χ4n) is 5.79. The highest BCUT2D eigenvalue weighted by Crippen LogP contribution is 2.37. The summed E-state index contributed by atoms with van der Waals surface area (Å²) in [6, 6.07) is 13.2. The van der Waals surface area contributed by atoms with Gasteiger partial charge in [-0.2, -0.15) is 43.2 Å². The molecule has 6 aromatic carbocycles. The summed E-state index contributed by atoms with van der Waals surface area (Å²) >= 11 is 0. The van der Waals surface area contributed by atoms with Gasteiger partial charge in [0.15, 0.2) is 5.36 Å². The minimum atomic E-state index is -4.74. The summed E-state index contributed by atoms with van der Waals surface area (Å²) in [5, 5.41) is 15.0. The molecule has 1 aromatic heterocycles. The van der Waals surface area contributed by atoms with Crippen molar-refractivity contribution in [2.45, 2.75) is 12.4 Å². The van der Waals surface area contributed by atoms with Gasteiger partial charge in [-0.3, -0.25) is 0 Å². The molecule has 0 aliphatic rings. The summed E-state index contributed by atoms with van der Waals surface area (Å²) in [4.78, 5) is 16.5. The summed E-state index contributed by atoms with van der Waals surface area (Å²) in [5.41, 5.74) is -1.35. The van der Waals surface area contributed by atoms with Crippen molar-refractivity contribution in [2.24, 2.45) is 10.1 Å². The van der Waals surface area contributed by atoms with Crippen molar-refractivity contribution in [3.8, 4) is 28.4 Å². The summed E-state index contributed by atoms with van der Waals surface area (Å²) in [6.45, 7) is 7.39. The lowest BCUT2D eigenvalue weighted by Gasteiger charge is -2.09. The number of fused-ring (bicyclic) bond motifs is 6. The van der Waals surface area contributed by atoms with E-state index < -0.39 is 35.1 Å². The minimum absolute atomic E-state index is 0.0625. The zero-order valence-electron chi connectivity index (χ0n) is 23.6. The summed E-state index contributed by atoms with van der Waals surface area (Å²) < 4.78 is 108. The van der Waals surface area contributed by atoms with Crippen LogP contribution in [0.4, 0.5) is 35.1 Å². The summed E-state index contributed by atoms with van der Waals surface area (Å²) in [6.07, 6.45) is -7.78. The first-order chi connectivity index (χ1) is 22.8. The molecule has 0 atom stereocenters. The van der Waals surface area contributed by atoms with Gasteiger partial charge < -0.3 is 0 Å². The number of aromatic nitrogens is 2. The minimum Gasteiger partial charge on any atom is -0.241 e. The van der Waals surface area contributed by atoms with Crippen LogP contribution >= 0.6 is 0 Å². The standard InChI is InChI=1S/C34H12F8N6/c1-44-48-30-24-11-16(20-9-5-18(13-26(20)36)34(40,41)42)3-7-22(24)29-32(30)47-28-21-6-2-15(10-23(21)27(45-14-43)31(28)46-29)19-8-4-17(12-25(19)35)33(37,38)39/h2-13H/b45-27?,48-30-. The fraction of sp³-hybridized carbons (Fsp3) is 0.0588. The van der Waals surface area contributed by atoms with Crippen molar-refractivity contribution in [2.75, 3.05) is 0 Å². The fourth-order valence-corrected chi connectivity index (χ4v) is 5.79. The molecular formula is C34H12F8N6. The molecule has 0 amide bonds. The Labute approximate surface area is 262 Å². The summed E-state index contributed by atoms with van der Waals surface area (Å²) in [7, 11) is 0. The van der Waals surface area contributed by atoms with Crippen LogP contribution in [0.15, 0.2) is 82.9 Å². The lowest BCUT2D eigenvalue weighted by molar-refractivity contribution is -0.138. The van der Waals surface area contributed by atoms with E-state index in [2.05, 4.69) is 15.0 Å². The molecule has 0 spiro atoms. The molecule has 0 saturated heterocycles. The first kappa shape index (κ1) is 30.4. The zero-order valence-corrected chi connectivity index (χ0v) is 23.6. The molecule has 0 fully saturated rings. The maximum absolute atomic E-state index is 14.9. The number of halogens is 8. The number of benzene rings is 4. The first-order valence-corrected chi connectivity index (χ1v) is 13.7. The quantitative estimate of drug-likeness (QED) is 0.0808. The molecule has 0 aliphatic heterocycles. The number of hydrogen-bond acceptors (Lipinski definition) is 5. The molecule has 0 bridgehead atoms. The largest absolute Gasteiger partial charge is 0.416 e. The molecule has 7 aromatic rings. The van der Waals surface area contributed by atoms with Gasteiger partial charge in [0.2, 0.25) is 6.19 Å². The Morgan fingerprint density at radius 2 is 1.06 bits per heavy atom. The molecule has 14 heteroatoms. The number of rotatable bonds is 2. The molecule has 0 aliphatic carbocycles. The molecule has 7 rings (SSSR count). The van der Waals surface area contributed by atoms with Crippen LogP contribution in [-0.4, -0.2) is 9.97 Å². The van der Waals surface area contributed by atoms with Gasteiger partial charge in [-0.15, -0.1) is 4.95 Å². The van der Waals surface area contributed by atoms with E-state index in [1.807, 2.05) is 0 Å². The molecule has 6 nitrogen and oxygen atoms in total. The second kappa shape index (κ2) is 10.6. The third-order valence-electron chi connectivity index (χ3n) is 7.93. The average Bonchev–Trinajstić information content (AvgIpc) is 3.50. The average molecular weight is 656 g/mol. The normalized spacial score (nSPS) is 13.2. The van der Waals surface area contributed by atoms with Gasteiger partial charge in [0, 0.05) is 32.7 Å². The van der Waals surface area contributed by atoms with Crippen molar-refractivity contribution in [3.63, 3.8) is 0 Å². The molecule has 48 heavy (non-hydrogen) atoms. The van der Waals surface area contributed by atoms with Crippen LogP contribution in [0.25, 0.3) is 70.8 Å². The second-order valence-electron chi connectivity index (χ2n) is 10.6. The van der Waals surface area contributed by atoms with Gasteiger partial charge >= 0.3 is 12.4 Å². The van der Waals surface area contributed by atoms with Gasteiger partial charge in [-0.25, -0.2) is 18.7 Å². The highest BCUT2D eigenvalue weighted by atomic mass is 19.4. The number of nitriles is 1. The van der Waals surface area contributed by atoms with Crippen molar-refractivity contribution in [1.82, 2.24) is 9.97 Å². The van der Waals surface area contributed by atoms with Gasteiger partial charge in [-0.1, -0.05) is 36.4 Å². The first-order valence-electron chi connectivity index (χ1n) is 13.7. The third kappa shape index (κ3) is 4.77. The van der Waals surface area contributed by atoms with Crippen LogP contribution in [0.2, 0.25) is 0 Å². The molecule has 0 radical (unpaired) electrons. The lowest BCUT2D eigenvalue weighted by atomic mass is 10.0. The van der Waals surface area contributed by atoms with Gasteiger partial charge in [0.05, 0.1) is 27.3 Å². The van der Waals surface area contributed by atoms with Crippen molar-refractivity contribution in [1.29, 1.82) is 5.26 Å². The van der Waals surface area contributed by atoms with E-state index in [0.29, 0.717) is 33.7 Å². The molecule has 1 heterocycles. The van der Waals surface area contributed by atoms with E-state index >= 15 is 0 Å². The Balaban J connectivity index is 1.46. The highest BCUT2D eigenvalue weighted by Gasteiger charge is 2.32. The van der Waals surface area contributed by atoms with Crippen LogP contribution < -0.4 is 10.7 Å². The van der Waals surface area contributed by atoms with E-state index in [-0.39, 0.29) is 55.0 Å². The molecule has 0 N–H and O–H groups in total. The van der Waals surface area contributed by atoms with Crippen LogP contribution in [0.3, 0.4) is 0 Å². The Morgan fingerprint density at radius 3 is 1.48 bits per heavy atom. The predicted molar refractivity (Wildman–Crippen MR) is 159 cm³/mol. The number of hydrogen-bond donors (Lipinski definition) is 0. The highest BCUT2D eigenvalue weighted by molar-refractivity contribution is 6.15. The van der Waals surface area contributed by atoms with E-state index in [9.17, 15) is 40.4 Å². The van der Waals surface area contributed by atoms with Crippen LogP contribution in [0.5, 0.6) is 0 Å². The molecule has 234 valence electrons. The molecule has 0 unspecified atom stereocenters. The third-order valence-corrected chi connectivity index (χ3v) is 7.93. The van der Waals surface area contributed by atoms with Crippen LogP contribution in [0.1, 0.15) is 11.1 Å². The van der Waals surface area contributed by atoms with Crippen molar-refractivity contribution in [3.05, 3.63) is 118 Å². The number of alkyl halides is 6. The maximum Gasteiger partial charge on any atom is 0.416 e. The van der Waals surface area contributed by atoms with Crippen LogP contribution in [0, 0.1) is 29.7 Å². The predicted octanol–water partition coefficient (Wildman–Crippen LogP) is 8.73. The van der Waals surface area contributed by atoms with Crippen molar-refractivity contribution >= 4 is 43.6 Å². The SMILES string of the molecule is [C-]#[N+]/N=c1/c2cc(-c3ccc(C(F)(F)F)cc3F)ccc2c2nc3c(=NC#N)c4cc(-c5ccc(C(F)(F)F)cc5F)ccc4c3nc12. The van der Waals surface area contributed by atoms with E-state index in [1.165, 1.54) is 36.4 Å². The topological polar surface area (TPSA) is 78.6 Å². The summed E-state index contributed by atoms with van der Waals surface area (Å²) in [5.74, 6) is -2.22. The van der Waals surface area contributed by atoms with Gasteiger partial charge in [0.1, 0.15) is 28.0 Å². The Hall–Kier alpha value is -6.28. The Bertz CT molecular complexity index is 2520. The Kier molecular flexibility index (Phi) is 6.73. The van der Waals surface area contributed by atoms with Gasteiger partial charge in [-0.05, 0) is 47.5 Å². The smallest absolute Gasteiger partial charge is 0.241 e. The number of nitrogens with zero attached hydrogens (tertiary/aromatic N) is 6. The van der Waals surface area contributed by atoms with Crippen molar-refractivity contribution < 1.29 is 35.1 Å². The van der Waals surface area contributed by atoms with Crippen LogP contribution in [-0.2, 0) is 12.4 Å². The second-order valence-corrected chi connectivity index (χ2v) is 10.6. The van der Waals surface area contributed by atoms with Gasteiger partial charge in [0.25, 0.3) is 0 Å². The molecule has 0 saturated carbocycles. The van der Waals surface area contributed by atoms with E-state index in [0.717, 1.165) is 24.3 Å². The Morgan fingerprint density at radius 1 is 0.604 bits per heavy atom.